The van der Waals surface area contributed by atoms with Gasteiger partial charge in [0.15, 0.2) is 0 Å². The van der Waals surface area contributed by atoms with E-state index in [2.05, 4.69) is 32.2 Å². The van der Waals surface area contributed by atoms with E-state index in [1.165, 1.54) is 50.0 Å². The highest BCUT2D eigenvalue weighted by Gasteiger charge is 2.39. The van der Waals surface area contributed by atoms with Crippen molar-refractivity contribution in [2.24, 2.45) is 5.92 Å². The molecule has 2 atom stereocenters. The van der Waals surface area contributed by atoms with Crippen molar-refractivity contribution in [3.05, 3.63) is 22.3 Å². The monoisotopic (exact) mass is 321 g/mol. The zero-order valence-corrected chi connectivity index (χ0v) is 12.7. The average molecular weight is 322 g/mol. The molecule has 2 saturated carbocycles. The van der Waals surface area contributed by atoms with Gasteiger partial charge in [0.25, 0.3) is 0 Å². The van der Waals surface area contributed by atoms with Gasteiger partial charge in [-0.25, -0.2) is 4.98 Å². The normalized spacial score (nSPS) is 29.2. The molecular weight excluding hydrogens is 302 g/mol. The van der Waals surface area contributed by atoms with E-state index in [4.69, 9.17) is 4.98 Å². The largest absolute Gasteiger partial charge is 0.353 e. The Balaban J connectivity index is 1.58. The van der Waals surface area contributed by atoms with Crippen molar-refractivity contribution in [2.45, 2.75) is 50.7 Å². The van der Waals surface area contributed by atoms with E-state index in [1.54, 1.807) is 0 Å². The topological polar surface area (TPSA) is 28.2 Å². The lowest BCUT2D eigenvalue weighted by Crippen LogP contribution is -2.34. The summed E-state index contributed by atoms with van der Waals surface area (Å²) in [4.78, 5) is 7.28. The third-order valence-electron chi connectivity index (χ3n) is 4.75. The number of halogens is 1. The van der Waals surface area contributed by atoms with Gasteiger partial charge >= 0.3 is 0 Å². The number of aromatic nitrogens is 1. The molecule has 1 aromatic rings. The molecule has 4 heteroatoms. The number of nitrogens with zero attached hydrogens (tertiary/aromatic N) is 2. The van der Waals surface area contributed by atoms with Crippen LogP contribution in [-0.4, -0.2) is 23.6 Å². The highest BCUT2D eigenvalue weighted by Crippen LogP contribution is 2.40. The molecule has 0 spiro atoms. The fourth-order valence-corrected chi connectivity index (χ4v) is 3.97. The summed E-state index contributed by atoms with van der Waals surface area (Å²) < 4.78 is 1.09. The molecule has 2 heterocycles. The molecule has 4 rings (SSSR count). The highest BCUT2D eigenvalue weighted by atomic mass is 79.9. The minimum Gasteiger partial charge on any atom is -0.353 e. The van der Waals surface area contributed by atoms with Crippen LogP contribution in [0.3, 0.4) is 0 Å². The maximum absolute atomic E-state index is 4.72. The summed E-state index contributed by atoms with van der Waals surface area (Å²) in [7, 11) is 0. The lowest BCUT2D eigenvalue weighted by Gasteiger charge is -2.30. The molecule has 102 valence electrons. The summed E-state index contributed by atoms with van der Waals surface area (Å²) in [5, 5.41) is 3.62. The molecule has 1 aromatic heterocycles. The van der Waals surface area contributed by atoms with Gasteiger partial charge in [-0.15, -0.1) is 0 Å². The van der Waals surface area contributed by atoms with Crippen LogP contribution in [0.15, 0.2) is 16.7 Å². The van der Waals surface area contributed by atoms with Gasteiger partial charge in [-0.2, -0.15) is 0 Å². The van der Waals surface area contributed by atoms with Crippen molar-refractivity contribution in [2.75, 3.05) is 11.4 Å². The van der Waals surface area contributed by atoms with Crippen LogP contribution in [0.4, 0.5) is 5.82 Å². The van der Waals surface area contributed by atoms with Gasteiger partial charge < -0.3 is 10.2 Å². The Kier molecular flexibility index (Phi) is 3.03. The van der Waals surface area contributed by atoms with E-state index in [9.17, 15) is 0 Å². The van der Waals surface area contributed by atoms with Gasteiger partial charge in [0, 0.05) is 41.4 Å². The van der Waals surface area contributed by atoms with Crippen molar-refractivity contribution >= 4 is 21.7 Å². The van der Waals surface area contributed by atoms with E-state index >= 15 is 0 Å². The van der Waals surface area contributed by atoms with Crippen LogP contribution in [0.5, 0.6) is 0 Å². The van der Waals surface area contributed by atoms with E-state index in [0.29, 0.717) is 0 Å². The maximum Gasteiger partial charge on any atom is 0.133 e. The highest BCUT2D eigenvalue weighted by molar-refractivity contribution is 9.10. The van der Waals surface area contributed by atoms with Gasteiger partial charge in [-0.1, -0.05) is 0 Å². The molecule has 1 N–H and O–H groups in total. The van der Waals surface area contributed by atoms with E-state index in [0.717, 1.165) is 29.0 Å². The first kappa shape index (κ1) is 12.2. The number of fused-ring (bicyclic) bond motifs is 2. The molecule has 3 aliphatic rings. The second-order valence-electron chi connectivity index (χ2n) is 6.28. The van der Waals surface area contributed by atoms with Crippen molar-refractivity contribution < 1.29 is 0 Å². The molecule has 2 bridgehead atoms. The zero-order chi connectivity index (χ0) is 12.8. The molecule has 1 aliphatic heterocycles. The number of piperidine rings is 1. The van der Waals surface area contributed by atoms with Crippen LogP contribution in [0.25, 0.3) is 0 Å². The van der Waals surface area contributed by atoms with Crippen molar-refractivity contribution in [3.63, 3.8) is 0 Å². The molecule has 0 radical (unpaired) electrons. The maximum atomic E-state index is 4.72. The fourth-order valence-electron chi connectivity index (χ4n) is 3.59. The first-order chi connectivity index (χ1) is 9.29. The molecule has 3 fully saturated rings. The predicted octanol–water partition coefficient (Wildman–Crippen LogP) is 3.08. The van der Waals surface area contributed by atoms with Gasteiger partial charge in [0.2, 0.25) is 0 Å². The van der Waals surface area contributed by atoms with E-state index in [1.807, 2.05) is 6.20 Å². The number of hydrogen-bond donors (Lipinski definition) is 1. The van der Waals surface area contributed by atoms with Crippen LogP contribution in [0, 0.1) is 5.92 Å². The average Bonchev–Trinajstić information content (AvgIpc) is 3.01. The molecule has 19 heavy (non-hydrogen) atoms. The second kappa shape index (κ2) is 4.74. The minimum atomic E-state index is 0.748. The first-order valence-corrected chi connectivity index (χ1v) is 8.23. The standard InChI is InChI=1S/C15H20BrN3/c16-12-6-11(7-17-13-2-3-13)15(18-8-12)19-9-10-1-4-14(19)5-10/h6,8,10,13-14,17H,1-5,7,9H2. The van der Waals surface area contributed by atoms with E-state index in [-0.39, 0.29) is 0 Å². The Morgan fingerprint density at radius 1 is 1.32 bits per heavy atom. The second-order valence-corrected chi connectivity index (χ2v) is 7.19. The number of anilines is 1. The minimum absolute atomic E-state index is 0.748. The summed E-state index contributed by atoms with van der Waals surface area (Å²) in [5.41, 5.74) is 1.36. The van der Waals surface area contributed by atoms with Gasteiger partial charge in [0.05, 0.1) is 0 Å². The van der Waals surface area contributed by atoms with Crippen molar-refractivity contribution in [1.29, 1.82) is 0 Å². The van der Waals surface area contributed by atoms with Gasteiger partial charge in [0.1, 0.15) is 5.82 Å². The third kappa shape index (κ3) is 2.40. The Morgan fingerprint density at radius 3 is 2.89 bits per heavy atom. The zero-order valence-electron chi connectivity index (χ0n) is 11.1. The van der Waals surface area contributed by atoms with Gasteiger partial charge in [-0.05, 0) is 60.0 Å². The predicted molar refractivity (Wildman–Crippen MR) is 80.3 cm³/mol. The lowest BCUT2D eigenvalue weighted by atomic mass is 10.1. The Labute approximate surface area is 122 Å². The Bertz CT molecular complexity index is 486. The van der Waals surface area contributed by atoms with Crippen LogP contribution >= 0.6 is 15.9 Å². The summed E-state index contributed by atoms with van der Waals surface area (Å²) in [6, 6.07) is 3.74. The summed E-state index contributed by atoms with van der Waals surface area (Å²) in [6.07, 6.45) is 8.79. The number of nitrogens with one attached hydrogen (secondary N) is 1. The number of pyridine rings is 1. The van der Waals surface area contributed by atoms with Crippen molar-refractivity contribution in [1.82, 2.24) is 10.3 Å². The lowest BCUT2D eigenvalue weighted by molar-refractivity contribution is 0.547. The molecule has 2 aliphatic carbocycles. The van der Waals surface area contributed by atoms with Crippen LogP contribution in [0.2, 0.25) is 0 Å². The Morgan fingerprint density at radius 2 is 2.21 bits per heavy atom. The first-order valence-electron chi connectivity index (χ1n) is 7.44. The molecule has 2 unspecified atom stereocenters. The summed E-state index contributed by atoms with van der Waals surface area (Å²) in [6.45, 7) is 2.18. The van der Waals surface area contributed by atoms with Gasteiger partial charge in [-0.3, -0.25) is 0 Å². The SMILES string of the molecule is Brc1cnc(N2CC3CCC2C3)c(CNC2CC2)c1. The molecule has 1 saturated heterocycles. The summed E-state index contributed by atoms with van der Waals surface area (Å²) >= 11 is 3.56. The third-order valence-corrected chi connectivity index (χ3v) is 5.18. The Hall–Kier alpha value is -0.610. The van der Waals surface area contributed by atoms with E-state index < -0.39 is 0 Å². The quantitative estimate of drug-likeness (QED) is 0.923. The molecule has 3 nitrogen and oxygen atoms in total. The summed E-state index contributed by atoms with van der Waals surface area (Å²) in [5.74, 6) is 2.14. The number of hydrogen-bond acceptors (Lipinski definition) is 3. The van der Waals surface area contributed by atoms with Crippen LogP contribution in [0.1, 0.15) is 37.7 Å². The molecule has 0 aromatic carbocycles. The van der Waals surface area contributed by atoms with Crippen LogP contribution in [-0.2, 0) is 6.54 Å². The fraction of sp³-hybridized carbons (Fsp3) is 0.667. The molecular formula is C15H20BrN3. The molecule has 0 amide bonds. The van der Waals surface area contributed by atoms with Crippen LogP contribution < -0.4 is 10.2 Å². The van der Waals surface area contributed by atoms with Crippen molar-refractivity contribution in [3.8, 4) is 0 Å². The smallest absolute Gasteiger partial charge is 0.133 e. The number of rotatable bonds is 4.